The summed E-state index contributed by atoms with van der Waals surface area (Å²) in [6, 6.07) is 10.7. The predicted octanol–water partition coefficient (Wildman–Crippen LogP) is 2.24. The largest absolute Gasteiger partial charge is 0.344 e. The van der Waals surface area contributed by atoms with Crippen molar-refractivity contribution >= 4 is 41.1 Å². The summed E-state index contributed by atoms with van der Waals surface area (Å²) in [4.78, 5) is 54.2. The molecular weight excluding hydrogens is 534 g/mol. The van der Waals surface area contributed by atoms with Crippen molar-refractivity contribution in [1.82, 2.24) is 35.3 Å². The number of carbonyl (C=O) groups is 4. The maximum absolute atomic E-state index is 13.3. The van der Waals surface area contributed by atoms with Crippen LogP contribution in [0.3, 0.4) is 0 Å². The van der Waals surface area contributed by atoms with Crippen molar-refractivity contribution in [1.29, 1.82) is 0 Å². The Bertz CT molecular complexity index is 1370. The van der Waals surface area contributed by atoms with E-state index < -0.39 is 11.9 Å². The number of Topliss-reactive ketones (excluding diaryl/α,β-unsaturated/α-hetero) is 2. The second-order valence-electron chi connectivity index (χ2n) is 9.57. The Morgan fingerprint density at radius 2 is 1.77 bits per heavy atom. The lowest BCUT2D eigenvalue weighted by Gasteiger charge is -2.23. The van der Waals surface area contributed by atoms with Crippen LogP contribution in [0.25, 0.3) is 11.8 Å². The molecule has 0 radical (unpaired) electrons. The van der Waals surface area contributed by atoms with Gasteiger partial charge in [-0.1, -0.05) is 35.9 Å². The Morgan fingerprint density at radius 3 is 2.40 bits per heavy atom. The number of hydrogen-bond acceptors (Lipinski definition) is 8. The van der Waals surface area contributed by atoms with Crippen LogP contribution in [0.1, 0.15) is 34.8 Å². The molecule has 210 valence electrons. The molecule has 3 aromatic rings. The lowest BCUT2D eigenvalue weighted by Crippen LogP contribution is -2.45. The first kappa shape index (κ1) is 30.3. The molecule has 0 aliphatic carbocycles. The summed E-state index contributed by atoms with van der Waals surface area (Å²) in [7, 11) is 5.47. The third kappa shape index (κ3) is 8.92. The molecule has 1 atom stereocenters. The molecule has 0 aliphatic heterocycles. The molecule has 3 rings (SSSR count). The number of rotatable bonds is 13. The summed E-state index contributed by atoms with van der Waals surface area (Å²) in [5, 5.41) is 14.3. The molecule has 0 saturated heterocycles. The molecule has 1 heterocycles. The van der Waals surface area contributed by atoms with E-state index in [2.05, 4.69) is 20.8 Å². The van der Waals surface area contributed by atoms with Crippen LogP contribution in [0.4, 0.5) is 0 Å². The molecule has 0 bridgehead atoms. The zero-order valence-corrected chi connectivity index (χ0v) is 23.6. The van der Waals surface area contributed by atoms with Crippen LogP contribution in [0.2, 0.25) is 5.02 Å². The van der Waals surface area contributed by atoms with Crippen LogP contribution in [0.5, 0.6) is 0 Å². The minimum Gasteiger partial charge on any atom is -0.344 e. The second kappa shape index (κ2) is 14.2. The lowest BCUT2D eigenvalue weighted by atomic mass is 9.99. The van der Waals surface area contributed by atoms with E-state index in [-0.39, 0.29) is 30.3 Å². The van der Waals surface area contributed by atoms with Gasteiger partial charge >= 0.3 is 0 Å². The number of ketones is 2. The van der Waals surface area contributed by atoms with E-state index in [1.165, 1.54) is 35.0 Å². The number of aromatic nitrogens is 4. The van der Waals surface area contributed by atoms with Gasteiger partial charge in [0, 0.05) is 48.8 Å². The third-order valence-electron chi connectivity index (χ3n) is 6.13. The van der Waals surface area contributed by atoms with Crippen LogP contribution in [0, 0.1) is 0 Å². The minimum atomic E-state index is -1.06. The predicted molar refractivity (Wildman–Crippen MR) is 151 cm³/mol. The van der Waals surface area contributed by atoms with Crippen LogP contribution < -0.4 is 5.32 Å². The normalized spacial score (nSPS) is 11.9. The Hall–Kier alpha value is -4.22. The molecule has 1 N–H and O–H groups in total. The first-order valence-electron chi connectivity index (χ1n) is 12.6. The molecule has 11 nitrogen and oxygen atoms in total. The van der Waals surface area contributed by atoms with Gasteiger partial charge in [-0.2, -0.15) is 4.68 Å². The van der Waals surface area contributed by atoms with Gasteiger partial charge in [0.2, 0.25) is 11.8 Å². The molecule has 2 aromatic carbocycles. The quantitative estimate of drug-likeness (QED) is 0.247. The van der Waals surface area contributed by atoms with Crippen molar-refractivity contribution in [3.05, 3.63) is 76.6 Å². The number of tetrazole rings is 1. The fourth-order valence-corrected chi connectivity index (χ4v) is 3.94. The topological polar surface area (TPSA) is 130 Å². The fourth-order valence-electron chi connectivity index (χ4n) is 3.76. The monoisotopic (exact) mass is 565 g/mol. The Balaban J connectivity index is 1.78. The Labute approximate surface area is 237 Å². The van der Waals surface area contributed by atoms with Crippen LogP contribution in [-0.2, 0) is 20.8 Å². The molecule has 0 aliphatic rings. The summed E-state index contributed by atoms with van der Waals surface area (Å²) in [6.45, 7) is 2.59. The van der Waals surface area contributed by atoms with E-state index in [4.69, 9.17) is 11.6 Å². The Morgan fingerprint density at radius 1 is 1.05 bits per heavy atom. The molecule has 40 heavy (non-hydrogen) atoms. The average Bonchev–Trinajstić information content (AvgIpc) is 3.45. The maximum Gasteiger partial charge on any atom is 0.244 e. The zero-order chi connectivity index (χ0) is 29.2. The van der Waals surface area contributed by atoms with Gasteiger partial charge in [0.25, 0.3) is 0 Å². The molecule has 2 amide bonds. The van der Waals surface area contributed by atoms with E-state index in [9.17, 15) is 19.2 Å². The van der Waals surface area contributed by atoms with Gasteiger partial charge in [-0.05, 0) is 61.3 Å². The van der Waals surface area contributed by atoms with Crippen molar-refractivity contribution in [2.24, 2.45) is 0 Å². The van der Waals surface area contributed by atoms with Crippen LogP contribution in [-0.4, -0.2) is 93.7 Å². The summed E-state index contributed by atoms with van der Waals surface area (Å²) >= 11 is 6.15. The first-order chi connectivity index (χ1) is 19.0. The number of amides is 2. The molecular formula is C28H32ClN7O4. The van der Waals surface area contributed by atoms with Crippen molar-refractivity contribution in [2.45, 2.75) is 25.8 Å². The summed E-state index contributed by atoms with van der Waals surface area (Å²) < 4.78 is 1.43. The van der Waals surface area contributed by atoms with Gasteiger partial charge in [0.05, 0.1) is 18.2 Å². The molecule has 1 aromatic heterocycles. The highest BCUT2D eigenvalue weighted by Gasteiger charge is 2.25. The van der Waals surface area contributed by atoms with E-state index in [0.717, 1.165) is 0 Å². The molecule has 0 fully saturated rings. The van der Waals surface area contributed by atoms with E-state index in [0.29, 0.717) is 40.5 Å². The summed E-state index contributed by atoms with van der Waals surface area (Å²) in [5.41, 5.74) is 2.37. The highest BCUT2D eigenvalue weighted by molar-refractivity contribution is 6.30. The standard InChI is InChI=1S/C28H32ClN7O4/c1-19(37)21-7-5-20(6-8-21)15-26(38)24(17-28(40)35(4)14-13-34(2)3)31-27(39)12-9-22-16-23(29)10-11-25(22)36-18-30-32-33-36/h5-12,16,18,24H,13-15,17H2,1-4H3,(H,31,39)/b12-9+/t24-/m0/s1. The van der Waals surface area contributed by atoms with E-state index in [1.54, 1.807) is 49.5 Å². The number of nitrogens with zero attached hydrogens (tertiary/aromatic N) is 6. The van der Waals surface area contributed by atoms with E-state index >= 15 is 0 Å². The van der Waals surface area contributed by atoms with Crippen molar-refractivity contribution < 1.29 is 19.2 Å². The average molecular weight is 566 g/mol. The molecule has 0 saturated carbocycles. The van der Waals surface area contributed by atoms with Gasteiger partial charge < -0.3 is 15.1 Å². The zero-order valence-electron chi connectivity index (χ0n) is 22.9. The second-order valence-corrected chi connectivity index (χ2v) is 10.0. The fraction of sp³-hybridized carbons (Fsp3) is 0.321. The first-order valence-corrected chi connectivity index (χ1v) is 12.9. The maximum atomic E-state index is 13.3. The van der Waals surface area contributed by atoms with Gasteiger partial charge in [-0.15, -0.1) is 5.10 Å². The highest BCUT2D eigenvalue weighted by Crippen LogP contribution is 2.20. The molecule has 0 spiro atoms. The number of nitrogens with one attached hydrogen (secondary N) is 1. The van der Waals surface area contributed by atoms with Gasteiger partial charge in [-0.3, -0.25) is 19.2 Å². The van der Waals surface area contributed by atoms with Gasteiger partial charge in [0.1, 0.15) is 6.33 Å². The Kier molecular flexibility index (Phi) is 10.8. The van der Waals surface area contributed by atoms with Crippen LogP contribution >= 0.6 is 11.6 Å². The summed E-state index contributed by atoms with van der Waals surface area (Å²) in [5.74, 6) is -1.24. The minimum absolute atomic E-state index is 0.0146. The van der Waals surface area contributed by atoms with E-state index in [1.807, 2.05) is 19.0 Å². The van der Waals surface area contributed by atoms with Crippen molar-refractivity contribution in [3.63, 3.8) is 0 Å². The SMILES string of the molecule is CC(=O)c1ccc(CC(=O)[C@H](CC(=O)N(C)CCN(C)C)NC(=O)/C=C/c2cc(Cl)ccc2-n2cnnn2)cc1. The number of hydrogen-bond donors (Lipinski definition) is 1. The number of halogens is 1. The third-order valence-corrected chi connectivity index (χ3v) is 6.37. The van der Waals surface area contributed by atoms with Gasteiger partial charge in [-0.25, -0.2) is 0 Å². The highest BCUT2D eigenvalue weighted by atomic mass is 35.5. The number of carbonyl (C=O) groups excluding carboxylic acids is 4. The summed E-state index contributed by atoms with van der Waals surface area (Å²) in [6.07, 6.45) is 4.00. The van der Waals surface area contributed by atoms with Crippen LogP contribution in [0.15, 0.2) is 54.9 Å². The van der Waals surface area contributed by atoms with Crippen molar-refractivity contribution in [2.75, 3.05) is 34.2 Å². The van der Waals surface area contributed by atoms with Gasteiger partial charge in [0.15, 0.2) is 11.6 Å². The smallest absolute Gasteiger partial charge is 0.244 e. The number of benzene rings is 2. The number of likely N-dealkylation sites (N-methyl/N-ethyl adjacent to an activating group) is 2. The molecule has 12 heteroatoms. The molecule has 0 unspecified atom stereocenters. The van der Waals surface area contributed by atoms with Crippen molar-refractivity contribution in [3.8, 4) is 5.69 Å². The lowest BCUT2D eigenvalue weighted by molar-refractivity contribution is -0.134.